The van der Waals surface area contributed by atoms with Crippen molar-refractivity contribution in [3.8, 4) is 17.2 Å². The molecule has 0 aliphatic heterocycles. The van der Waals surface area contributed by atoms with Gasteiger partial charge in [0.1, 0.15) is 5.75 Å². The van der Waals surface area contributed by atoms with Gasteiger partial charge in [-0.15, -0.1) is 0 Å². The third kappa shape index (κ3) is 7.33. The highest BCUT2D eigenvalue weighted by molar-refractivity contribution is 6.15. The molecule has 0 amide bonds. The summed E-state index contributed by atoms with van der Waals surface area (Å²) in [4.78, 5) is 37.5. The van der Waals surface area contributed by atoms with Crippen molar-refractivity contribution in [1.29, 1.82) is 0 Å². The summed E-state index contributed by atoms with van der Waals surface area (Å²) in [6.45, 7) is 1.36. The van der Waals surface area contributed by atoms with E-state index in [-0.39, 0.29) is 36.0 Å². The molecule has 0 aromatic heterocycles. The first-order valence-corrected chi connectivity index (χ1v) is 10.2. The number of aliphatic hydroxyl groups excluding tert-OH is 1. The molecule has 33 heavy (non-hydrogen) atoms. The summed E-state index contributed by atoms with van der Waals surface area (Å²) in [6, 6.07) is 8.91. The molecule has 0 aliphatic rings. The highest BCUT2D eigenvalue weighted by atomic mass is 16.5. The van der Waals surface area contributed by atoms with E-state index in [9.17, 15) is 29.7 Å². The van der Waals surface area contributed by atoms with E-state index < -0.39 is 29.9 Å². The van der Waals surface area contributed by atoms with Gasteiger partial charge in [-0.1, -0.05) is 24.3 Å². The summed E-state index contributed by atoms with van der Waals surface area (Å²) < 4.78 is 9.92. The minimum Gasteiger partial charge on any atom is -0.508 e. The number of carbonyl (C=O) groups excluding carboxylic acids is 3. The number of allylic oxidation sites excluding steroid dienone is 2. The average Bonchev–Trinajstić information content (AvgIpc) is 2.81. The molecule has 0 aliphatic carbocycles. The number of aliphatic hydroxyl groups is 1. The Balaban J connectivity index is 2.24. The zero-order valence-corrected chi connectivity index (χ0v) is 18.4. The van der Waals surface area contributed by atoms with E-state index in [0.717, 1.165) is 0 Å². The maximum atomic E-state index is 12.8. The van der Waals surface area contributed by atoms with Gasteiger partial charge in [0.05, 0.1) is 32.7 Å². The zero-order valence-electron chi connectivity index (χ0n) is 18.4. The molecule has 0 bridgehead atoms. The topological polar surface area (TPSA) is 130 Å². The number of phenolic OH excluding ortho intramolecular Hbond substituents is 1. The molecule has 0 fully saturated rings. The fourth-order valence-electron chi connectivity index (χ4n) is 2.95. The Labute approximate surface area is 191 Å². The van der Waals surface area contributed by atoms with Gasteiger partial charge in [-0.2, -0.15) is 0 Å². The van der Waals surface area contributed by atoms with Gasteiger partial charge in [0, 0.05) is 5.56 Å². The fraction of sp³-hybridized carbons (Fsp3) is 0.240. The second-order valence-corrected chi connectivity index (χ2v) is 7.01. The molecule has 0 heterocycles. The van der Waals surface area contributed by atoms with Crippen LogP contribution in [0.2, 0.25) is 0 Å². The molecule has 0 saturated carbocycles. The van der Waals surface area contributed by atoms with E-state index in [0.29, 0.717) is 11.1 Å². The fourth-order valence-corrected chi connectivity index (χ4v) is 2.95. The van der Waals surface area contributed by atoms with Crippen LogP contribution in [0.1, 0.15) is 30.0 Å². The Hall–Kier alpha value is -3.91. The molecular formula is C25H26O8. The van der Waals surface area contributed by atoms with E-state index in [1.165, 1.54) is 55.7 Å². The Bertz CT molecular complexity index is 993. The van der Waals surface area contributed by atoms with Crippen LogP contribution in [0.4, 0.5) is 0 Å². The van der Waals surface area contributed by atoms with Crippen LogP contribution in [-0.4, -0.2) is 46.6 Å². The lowest BCUT2D eigenvalue weighted by Gasteiger charge is -2.10. The predicted molar refractivity (Wildman–Crippen MR) is 122 cm³/mol. The smallest absolute Gasteiger partial charge is 0.306 e. The van der Waals surface area contributed by atoms with Crippen LogP contribution in [0, 0.1) is 5.92 Å². The van der Waals surface area contributed by atoms with Gasteiger partial charge >= 0.3 is 5.97 Å². The highest BCUT2D eigenvalue weighted by Gasteiger charge is 2.26. The van der Waals surface area contributed by atoms with Crippen molar-refractivity contribution in [3.63, 3.8) is 0 Å². The summed E-state index contributed by atoms with van der Waals surface area (Å²) in [7, 11) is 1.39. The second kappa shape index (κ2) is 12.2. The van der Waals surface area contributed by atoms with Gasteiger partial charge in [-0.3, -0.25) is 14.4 Å². The second-order valence-electron chi connectivity index (χ2n) is 7.01. The number of methoxy groups -OCH3 is 1. The quantitative estimate of drug-likeness (QED) is 0.268. The van der Waals surface area contributed by atoms with Crippen molar-refractivity contribution in [3.05, 3.63) is 65.2 Å². The lowest BCUT2D eigenvalue weighted by atomic mass is 9.93. The lowest BCUT2D eigenvalue weighted by molar-refractivity contribution is -0.147. The van der Waals surface area contributed by atoms with E-state index in [1.54, 1.807) is 19.1 Å². The summed E-state index contributed by atoms with van der Waals surface area (Å²) in [5.41, 5.74) is 1.37. The van der Waals surface area contributed by atoms with E-state index in [2.05, 4.69) is 0 Å². The van der Waals surface area contributed by atoms with Crippen LogP contribution in [0.3, 0.4) is 0 Å². The number of hydrogen-bond acceptors (Lipinski definition) is 8. The minimum absolute atomic E-state index is 0.0555. The van der Waals surface area contributed by atoms with Gasteiger partial charge in [0.25, 0.3) is 0 Å². The standard InChI is InChI=1S/C25H26O8/c1-3-33-25(31)14-19(21(28)9-5-16-4-8-20(27)18(12-16)15-26)22(29)10-6-17-7-11-23(30)24(13-17)32-2/h4-13,19,26-27,30H,3,14-15H2,1-2H3/b9-5+,10-6+. The molecule has 2 rings (SSSR count). The molecule has 8 heteroatoms. The molecule has 174 valence electrons. The maximum absolute atomic E-state index is 12.8. The van der Waals surface area contributed by atoms with E-state index in [1.807, 2.05) is 0 Å². The molecule has 1 atom stereocenters. The average molecular weight is 454 g/mol. The summed E-state index contributed by atoms with van der Waals surface area (Å²) in [6.07, 6.45) is 4.82. The van der Waals surface area contributed by atoms with Crippen molar-refractivity contribution in [2.24, 2.45) is 5.92 Å². The Morgan fingerprint density at radius 3 is 2.06 bits per heavy atom. The third-order valence-corrected chi connectivity index (χ3v) is 4.72. The van der Waals surface area contributed by atoms with Crippen LogP contribution in [0.25, 0.3) is 12.2 Å². The third-order valence-electron chi connectivity index (χ3n) is 4.72. The number of phenols is 2. The Kier molecular flexibility index (Phi) is 9.38. The summed E-state index contributed by atoms with van der Waals surface area (Å²) >= 11 is 0. The SMILES string of the molecule is CCOC(=O)CC(C(=O)/C=C/c1ccc(O)c(CO)c1)C(=O)/C=C/c1ccc(O)c(OC)c1. The van der Waals surface area contributed by atoms with Crippen LogP contribution in [0.15, 0.2) is 48.6 Å². The molecule has 0 saturated heterocycles. The molecule has 2 aromatic carbocycles. The largest absolute Gasteiger partial charge is 0.508 e. The number of esters is 1. The van der Waals surface area contributed by atoms with E-state index in [4.69, 9.17) is 9.47 Å². The molecular weight excluding hydrogens is 428 g/mol. The van der Waals surface area contributed by atoms with Gasteiger partial charge in [0.15, 0.2) is 23.1 Å². The number of hydrogen-bond donors (Lipinski definition) is 3. The normalized spacial score (nSPS) is 12.1. The number of ether oxygens (including phenoxy) is 2. The summed E-state index contributed by atoms with van der Waals surface area (Å²) in [5, 5.41) is 28.6. The number of rotatable bonds is 11. The monoisotopic (exact) mass is 454 g/mol. The first-order valence-electron chi connectivity index (χ1n) is 10.2. The summed E-state index contributed by atoms with van der Waals surface area (Å²) in [5.74, 6) is -3.06. The molecule has 1 unspecified atom stereocenters. The molecule has 2 aromatic rings. The zero-order chi connectivity index (χ0) is 24.4. The highest BCUT2D eigenvalue weighted by Crippen LogP contribution is 2.27. The van der Waals surface area contributed by atoms with Gasteiger partial charge in [0.2, 0.25) is 0 Å². The van der Waals surface area contributed by atoms with Crippen molar-refractivity contribution < 1.29 is 39.2 Å². The first kappa shape index (κ1) is 25.4. The lowest BCUT2D eigenvalue weighted by Crippen LogP contribution is -2.25. The van der Waals surface area contributed by atoms with Gasteiger partial charge in [-0.05, 0) is 54.5 Å². The Morgan fingerprint density at radius 2 is 1.52 bits per heavy atom. The van der Waals surface area contributed by atoms with Crippen molar-refractivity contribution in [2.75, 3.05) is 13.7 Å². The van der Waals surface area contributed by atoms with Crippen LogP contribution in [-0.2, 0) is 25.7 Å². The van der Waals surface area contributed by atoms with Crippen molar-refractivity contribution >= 4 is 29.7 Å². The van der Waals surface area contributed by atoms with Gasteiger partial charge in [-0.25, -0.2) is 0 Å². The molecule has 0 radical (unpaired) electrons. The Morgan fingerprint density at radius 1 is 0.939 bits per heavy atom. The number of aromatic hydroxyl groups is 2. The maximum Gasteiger partial charge on any atom is 0.306 e. The van der Waals surface area contributed by atoms with Crippen molar-refractivity contribution in [2.45, 2.75) is 20.0 Å². The predicted octanol–water partition coefficient (Wildman–Crippen LogP) is 3.03. The van der Waals surface area contributed by atoms with Gasteiger partial charge < -0.3 is 24.8 Å². The van der Waals surface area contributed by atoms with Crippen LogP contribution >= 0.6 is 0 Å². The number of carbonyl (C=O) groups is 3. The van der Waals surface area contributed by atoms with Crippen LogP contribution in [0.5, 0.6) is 17.2 Å². The first-order chi connectivity index (χ1) is 15.8. The number of benzene rings is 2. The molecule has 0 spiro atoms. The molecule has 8 nitrogen and oxygen atoms in total. The molecule has 3 N–H and O–H groups in total. The minimum atomic E-state index is -1.29. The number of ketones is 2. The van der Waals surface area contributed by atoms with E-state index >= 15 is 0 Å². The van der Waals surface area contributed by atoms with Crippen LogP contribution < -0.4 is 4.74 Å². The van der Waals surface area contributed by atoms with Crippen molar-refractivity contribution in [1.82, 2.24) is 0 Å².